The largest absolute Gasteiger partial charge is 0.416 e. The molecule has 0 heterocycles. The van der Waals surface area contributed by atoms with Gasteiger partial charge in [0.05, 0.1) is 10.5 Å². The van der Waals surface area contributed by atoms with E-state index in [4.69, 9.17) is 11.6 Å². The first kappa shape index (κ1) is 13.2. The molecule has 0 aromatic heterocycles. The number of rotatable bonds is 2. The molecular weight excluding hydrogens is 314 g/mol. The summed E-state index contributed by atoms with van der Waals surface area (Å²) in [4.78, 5) is 9.72. The minimum absolute atomic E-state index is 0.234. The van der Waals surface area contributed by atoms with Gasteiger partial charge in [0.15, 0.2) is 0 Å². The molecule has 0 unspecified atom stereocenters. The fourth-order valence-electron chi connectivity index (χ4n) is 1.15. The lowest BCUT2D eigenvalue weighted by Gasteiger charge is -2.12. The van der Waals surface area contributed by atoms with Gasteiger partial charge in [-0.25, -0.2) is 0 Å². The molecule has 0 aliphatic rings. The van der Waals surface area contributed by atoms with Crippen LogP contribution in [-0.4, -0.2) is 4.92 Å². The number of hydrogen-bond donors (Lipinski definition) is 0. The molecule has 0 saturated heterocycles. The Labute approximate surface area is 101 Å². The normalized spacial score (nSPS) is 11.6. The molecule has 0 amide bonds. The van der Waals surface area contributed by atoms with E-state index in [1.54, 1.807) is 0 Å². The standard InChI is InChI=1S/C8H4BrClF3NO2/c9-7-4(3-10)5(8(11,12)13)1-2-6(7)14(15)16/h1-2H,3H2. The lowest BCUT2D eigenvalue weighted by Crippen LogP contribution is -2.09. The predicted molar refractivity (Wildman–Crippen MR) is 55.4 cm³/mol. The second-order valence-electron chi connectivity index (χ2n) is 2.81. The zero-order valence-electron chi connectivity index (χ0n) is 7.52. The Balaban J connectivity index is 3.47. The van der Waals surface area contributed by atoms with Crippen LogP contribution in [0.15, 0.2) is 16.6 Å². The first-order valence-electron chi connectivity index (χ1n) is 3.88. The van der Waals surface area contributed by atoms with Crippen LogP contribution < -0.4 is 0 Å². The molecule has 3 nitrogen and oxygen atoms in total. The zero-order chi connectivity index (χ0) is 12.5. The van der Waals surface area contributed by atoms with Crippen LogP contribution in [0.25, 0.3) is 0 Å². The third-order valence-electron chi connectivity index (χ3n) is 1.86. The van der Waals surface area contributed by atoms with Gasteiger partial charge >= 0.3 is 6.18 Å². The Bertz CT molecular complexity index is 436. The topological polar surface area (TPSA) is 43.1 Å². The van der Waals surface area contributed by atoms with Gasteiger partial charge in [-0.15, -0.1) is 11.6 Å². The molecule has 1 aromatic rings. The van der Waals surface area contributed by atoms with Crippen LogP contribution in [-0.2, 0) is 12.1 Å². The van der Waals surface area contributed by atoms with Crippen LogP contribution >= 0.6 is 27.5 Å². The number of nitrogens with zero attached hydrogens (tertiary/aromatic N) is 1. The Morgan fingerprint density at radius 1 is 1.44 bits per heavy atom. The van der Waals surface area contributed by atoms with Crippen LogP contribution in [0, 0.1) is 10.1 Å². The summed E-state index contributed by atoms with van der Waals surface area (Å²) in [6, 6.07) is 1.45. The van der Waals surface area contributed by atoms with Crippen LogP contribution in [0.4, 0.5) is 18.9 Å². The highest BCUT2D eigenvalue weighted by Crippen LogP contribution is 2.39. The van der Waals surface area contributed by atoms with Gasteiger partial charge in [0.25, 0.3) is 5.69 Å². The summed E-state index contributed by atoms with van der Waals surface area (Å²) < 4.78 is 37.3. The summed E-state index contributed by atoms with van der Waals surface area (Å²) in [5, 5.41) is 10.5. The van der Waals surface area contributed by atoms with Crippen LogP contribution in [0.5, 0.6) is 0 Å². The van der Waals surface area contributed by atoms with Crippen molar-refractivity contribution in [3.8, 4) is 0 Å². The molecule has 0 aliphatic carbocycles. The molecule has 0 fully saturated rings. The van der Waals surface area contributed by atoms with E-state index < -0.39 is 28.2 Å². The minimum atomic E-state index is -4.58. The van der Waals surface area contributed by atoms with Crippen molar-refractivity contribution in [2.45, 2.75) is 12.1 Å². The summed E-state index contributed by atoms with van der Waals surface area (Å²) in [7, 11) is 0. The van der Waals surface area contributed by atoms with E-state index >= 15 is 0 Å². The van der Waals surface area contributed by atoms with Crippen molar-refractivity contribution in [3.05, 3.63) is 37.8 Å². The molecule has 16 heavy (non-hydrogen) atoms. The molecule has 0 spiro atoms. The van der Waals surface area contributed by atoms with E-state index in [1.165, 1.54) is 0 Å². The highest BCUT2D eigenvalue weighted by Gasteiger charge is 2.35. The molecule has 0 saturated carbocycles. The van der Waals surface area contributed by atoms with Crippen molar-refractivity contribution in [1.29, 1.82) is 0 Å². The molecule has 0 radical (unpaired) electrons. The van der Waals surface area contributed by atoms with Crippen LogP contribution in [0.2, 0.25) is 0 Å². The Morgan fingerprint density at radius 3 is 2.38 bits per heavy atom. The molecule has 88 valence electrons. The molecule has 0 bridgehead atoms. The van der Waals surface area contributed by atoms with Gasteiger partial charge in [-0.1, -0.05) is 0 Å². The van der Waals surface area contributed by atoms with Crippen molar-refractivity contribution in [2.24, 2.45) is 0 Å². The summed E-state index contributed by atoms with van der Waals surface area (Å²) in [5.41, 5.74) is -1.74. The number of hydrogen-bond acceptors (Lipinski definition) is 2. The lowest BCUT2D eigenvalue weighted by molar-refractivity contribution is -0.385. The van der Waals surface area contributed by atoms with Gasteiger partial charge in [0.1, 0.15) is 4.47 Å². The van der Waals surface area contributed by atoms with Crippen molar-refractivity contribution < 1.29 is 18.1 Å². The highest BCUT2D eigenvalue weighted by molar-refractivity contribution is 9.10. The van der Waals surface area contributed by atoms with Crippen molar-refractivity contribution in [2.75, 3.05) is 0 Å². The van der Waals surface area contributed by atoms with Gasteiger partial charge < -0.3 is 0 Å². The quantitative estimate of drug-likeness (QED) is 0.468. The van der Waals surface area contributed by atoms with Gasteiger partial charge in [-0.05, 0) is 22.0 Å². The maximum absolute atomic E-state index is 12.5. The van der Waals surface area contributed by atoms with Crippen molar-refractivity contribution in [1.82, 2.24) is 0 Å². The third-order valence-corrected chi connectivity index (χ3v) is 3.01. The summed E-state index contributed by atoms with van der Waals surface area (Å²) >= 11 is 8.13. The first-order chi connectivity index (χ1) is 7.29. The maximum atomic E-state index is 12.5. The minimum Gasteiger partial charge on any atom is -0.258 e. The molecule has 0 N–H and O–H groups in total. The molecule has 0 aliphatic heterocycles. The van der Waals surface area contributed by atoms with Gasteiger partial charge in [0.2, 0.25) is 0 Å². The SMILES string of the molecule is O=[N+]([O-])c1ccc(C(F)(F)F)c(CCl)c1Br. The number of benzene rings is 1. The monoisotopic (exact) mass is 317 g/mol. The van der Waals surface area contributed by atoms with E-state index in [2.05, 4.69) is 15.9 Å². The zero-order valence-corrected chi connectivity index (χ0v) is 9.86. The number of nitro benzene ring substituents is 1. The summed E-state index contributed by atoms with van der Waals surface area (Å²) in [6.45, 7) is 0. The van der Waals surface area contributed by atoms with E-state index in [-0.39, 0.29) is 10.0 Å². The lowest BCUT2D eigenvalue weighted by atomic mass is 10.1. The molecule has 0 atom stereocenters. The Morgan fingerprint density at radius 2 is 2.00 bits per heavy atom. The molecule has 1 rings (SSSR count). The number of nitro groups is 1. The second kappa shape index (κ2) is 4.58. The van der Waals surface area contributed by atoms with Crippen molar-refractivity contribution in [3.63, 3.8) is 0 Å². The summed E-state index contributed by atoms with van der Waals surface area (Å²) in [5.74, 6) is -0.461. The van der Waals surface area contributed by atoms with E-state index in [9.17, 15) is 23.3 Å². The smallest absolute Gasteiger partial charge is 0.258 e. The molecule has 8 heteroatoms. The number of alkyl halides is 4. The average Bonchev–Trinajstić information content (AvgIpc) is 2.15. The van der Waals surface area contributed by atoms with Gasteiger partial charge in [-0.3, -0.25) is 10.1 Å². The fourth-order valence-corrected chi connectivity index (χ4v) is 2.22. The van der Waals surface area contributed by atoms with Crippen LogP contribution in [0.3, 0.4) is 0 Å². The summed E-state index contributed by atoms with van der Waals surface area (Å²) in [6.07, 6.45) is -4.58. The number of halogens is 5. The van der Waals surface area contributed by atoms with Gasteiger partial charge in [-0.2, -0.15) is 13.2 Å². The van der Waals surface area contributed by atoms with Gasteiger partial charge in [0, 0.05) is 17.5 Å². The molecular formula is C8H4BrClF3NO2. The van der Waals surface area contributed by atoms with E-state index in [0.717, 1.165) is 6.07 Å². The average molecular weight is 318 g/mol. The highest BCUT2D eigenvalue weighted by atomic mass is 79.9. The van der Waals surface area contributed by atoms with Crippen LogP contribution in [0.1, 0.15) is 11.1 Å². The molecule has 1 aromatic carbocycles. The second-order valence-corrected chi connectivity index (χ2v) is 3.87. The van der Waals surface area contributed by atoms with E-state index in [0.29, 0.717) is 6.07 Å². The third kappa shape index (κ3) is 2.46. The van der Waals surface area contributed by atoms with E-state index in [1.807, 2.05) is 0 Å². The van der Waals surface area contributed by atoms with Crippen molar-refractivity contribution >= 4 is 33.2 Å². The Hall–Kier alpha value is -0.820. The predicted octanol–water partition coefficient (Wildman–Crippen LogP) is 4.11. The fraction of sp³-hybridized carbons (Fsp3) is 0.250. The first-order valence-corrected chi connectivity index (χ1v) is 5.20. The maximum Gasteiger partial charge on any atom is 0.416 e. The Kier molecular flexibility index (Phi) is 3.80.